The number of aliphatic hydroxyl groups excluding tert-OH is 1. The van der Waals surface area contributed by atoms with Crippen molar-refractivity contribution in [2.45, 2.75) is 45.4 Å². The second-order valence-electron chi connectivity index (χ2n) is 7.84. The lowest BCUT2D eigenvalue weighted by atomic mass is 9.79. The van der Waals surface area contributed by atoms with Crippen molar-refractivity contribution in [2.75, 3.05) is 10.2 Å². The average molecular weight is 411 g/mol. The van der Waals surface area contributed by atoms with Crippen molar-refractivity contribution in [3.05, 3.63) is 58.0 Å². The van der Waals surface area contributed by atoms with Gasteiger partial charge in [-0.1, -0.05) is 24.6 Å². The summed E-state index contributed by atoms with van der Waals surface area (Å²) in [4.78, 5) is 22.5. The number of benzene rings is 1. The molecule has 0 unspecified atom stereocenters. The molecule has 0 saturated heterocycles. The molecule has 0 bridgehead atoms. The van der Waals surface area contributed by atoms with Gasteiger partial charge in [-0.15, -0.1) is 0 Å². The molecule has 1 aromatic heterocycles. The van der Waals surface area contributed by atoms with Gasteiger partial charge in [0.2, 0.25) is 5.91 Å². The van der Waals surface area contributed by atoms with Crippen LogP contribution in [0.25, 0.3) is 4.85 Å². The van der Waals surface area contributed by atoms with E-state index in [-0.39, 0.29) is 30.5 Å². The molecule has 7 heteroatoms. The normalized spacial score (nSPS) is 23.3. The molecule has 6 nitrogen and oxygen atoms in total. The van der Waals surface area contributed by atoms with E-state index < -0.39 is 0 Å². The van der Waals surface area contributed by atoms with Gasteiger partial charge in [0.25, 0.3) is 0 Å². The first-order valence-corrected chi connectivity index (χ1v) is 10.2. The fourth-order valence-corrected chi connectivity index (χ4v) is 4.62. The minimum Gasteiger partial charge on any atom is -0.390 e. The average Bonchev–Trinajstić information content (AvgIpc) is 3.55. The summed E-state index contributed by atoms with van der Waals surface area (Å²) in [6, 6.07) is 8.99. The molecule has 0 spiro atoms. The van der Waals surface area contributed by atoms with Crippen LogP contribution >= 0.6 is 11.6 Å². The molecule has 2 heterocycles. The van der Waals surface area contributed by atoms with Crippen molar-refractivity contribution in [3.63, 3.8) is 0 Å². The van der Waals surface area contributed by atoms with Crippen LogP contribution in [-0.4, -0.2) is 22.0 Å². The molecular weight excluding hydrogens is 388 g/mol. The maximum atomic E-state index is 12.6. The van der Waals surface area contributed by atoms with Crippen LogP contribution in [0.5, 0.6) is 0 Å². The quantitative estimate of drug-likeness (QED) is 0.716. The SMILES string of the molecule is [C-]#[N+]c1ccc2c(c1)[C@H](Nc1ccc(Cl)c(CO)n1)[C@@H](C)[C@H](C1CC1)N2C(C)=O. The Labute approximate surface area is 175 Å². The Morgan fingerprint density at radius 3 is 2.76 bits per heavy atom. The van der Waals surface area contributed by atoms with Gasteiger partial charge in [-0.25, -0.2) is 9.83 Å². The summed E-state index contributed by atoms with van der Waals surface area (Å²) < 4.78 is 0. The van der Waals surface area contributed by atoms with Crippen LogP contribution in [0.2, 0.25) is 5.02 Å². The number of nitrogens with one attached hydrogen (secondary N) is 1. The number of anilines is 2. The maximum absolute atomic E-state index is 12.6. The van der Waals surface area contributed by atoms with Crippen LogP contribution in [0.15, 0.2) is 30.3 Å². The number of rotatable bonds is 4. The highest BCUT2D eigenvalue weighted by Gasteiger charge is 2.47. The van der Waals surface area contributed by atoms with E-state index in [9.17, 15) is 9.90 Å². The number of aromatic nitrogens is 1. The molecule has 4 rings (SSSR count). The van der Waals surface area contributed by atoms with Gasteiger partial charge in [0.05, 0.1) is 29.9 Å². The second kappa shape index (κ2) is 7.66. The summed E-state index contributed by atoms with van der Waals surface area (Å²) in [5.41, 5.74) is 2.73. The highest BCUT2D eigenvalue weighted by Crippen LogP contribution is 2.50. The molecule has 29 heavy (non-hydrogen) atoms. The van der Waals surface area contributed by atoms with E-state index >= 15 is 0 Å². The van der Waals surface area contributed by atoms with E-state index in [1.807, 2.05) is 17.0 Å². The van der Waals surface area contributed by atoms with Crippen molar-refractivity contribution in [3.8, 4) is 0 Å². The smallest absolute Gasteiger partial charge is 0.224 e. The molecule has 1 fully saturated rings. The standard InChI is InChI=1S/C22H23ClN4O2/c1-12-21(26-20-9-7-17(23)18(11-28)25-20)16-10-15(24-3)6-8-19(16)27(13(2)29)22(12)14-4-5-14/h6-10,12,14,21-22,28H,4-5,11H2,1-2H3,(H,25,26)/t12-,21-,22-/m1/s1. The highest BCUT2D eigenvalue weighted by molar-refractivity contribution is 6.31. The number of fused-ring (bicyclic) bond motifs is 1. The first-order chi connectivity index (χ1) is 13.9. The van der Waals surface area contributed by atoms with Crippen LogP contribution in [0, 0.1) is 18.4 Å². The number of carbonyl (C=O) groups excluding carboxylic acids is 1. The molecule has 1 aliphatic heterocycles. The number of nitrogens with zero attached hydrogens (tertiary/aromatic N) is 3. The predicted molar refractivity (Wildman–Crippen MR) is 113 cm³/mol. The van der Waals surface area contributed by atoms with Gasteiger partial charge in [-0.05, 0) is 48.6 Å². The minimum atomic E-state index is -0.240. The molecule has 1 aliphatic carbocycles. The minimum absolute atomic E-state index is 0.0243. The monoisotopic (exact) mass is 410 g/mol. The molecule has 1 aromatic carbocycles. The number of amides is 1. The largest absolute Gasteiger partial charge is 0.390 e. The molecular formula is C22H23ClN4O2. The number of pyridine rings is 1. The third-order valence-electron chi connectivity index (χ3n) is 5.91. The highest BCUT2D eigenvalue weighted by atomic mass is 35.5. The van der Waals surface area contributed by atoms with Crippen molar-refractivity contribution >= 4 is 34.7 Å². The molecule has 2 N–H and O–H groups in total. The van der Waals surface area contributed by atoms with Gasteiger partial charge < -0.3 is 15.3 Å². The van der Waals surface area contributed by atoms with E-state index in [0.29, 0.717) is 28.1 Å². The number of aliphatic hydroxyl groups is 1. The van der Waals surface area contributed by atoms with Crippen molar-refractivity contribution in [1.29, 1.82) is 0 Å². The molecule has 2 aromatic rings. The van der Waals surface area contributed by atoms with E-state index in [1.165, 1.54) is 0 Å². The zero-order valence-corrected chi connectivity index (χ0v) is 17.1. The Kier molecular flexibility index (Phi) is 5.20. The summed E-state index contributed by atoms with van der Waals surface area (Å²) in [5.74, 6) is 1.24. The number of hydrogen-bond donors (Lipinski definition) is 2. The predicted octanol–water partition coefficient (Wildman–Crippen LogP) is 4.71. The van der Waals surface area contributed by atoms with Crippen LogP contribution < -0.4 is 10.2 Å². The Balaban J connectivity index is 1.80. The lowest BCUT2D eigenvalue weighted by Gasteiger charge is -2.46. The fraction of sp³-hybridized carbons (Fsp3) is 0.409. The lowest BCUT2D eigenvalue weighted by Crippen LogP contribution is -2.51. The molecule has 2 aliphatic rings. The van der Waals surface area contributed by atoms with E-state index in [4.69, 9.17) is 18.2 Å². The van der Waals surface area contributed by atoms with Gasteiger partial charge in [0, 0.05) is 24.6 Å². The Morgan fingerprint density at radius 1 is 1.38 bits per heavy atom. The zero-order chi connectivity index (χ0) is 20.7. The summed E-state index contributed by atoms with van der Waals surface area (Å²) in [6.45, 7) is 10.9. The van der Waals surface area contributed by atoms with E-state index in [2.05, 4.69) is 22.1 Å². The molecule has 0 radical (unpaired) electrons. The Bertz CT molecular complexity index is 999. The van der Waals surface area contributed by atoms with E-state index in [1.54, 1.807) is 25.1 Å². The number of hydrogen-bond acceptors (Lipinski definition) is 4. The Morgan fingerprint density at radius 2 is 2.14 bits per heavy atom. The number of carbonyl (C=O) groups is 1. The summed E-state index contributed by atoms with van der Waals surface area (Å²) >= 11 is 6.09. The lowest BCUT2D eigenvalue weighted by molar-refractivity contribution is -0.117. The molecule has 150 valence electrons. The van der Waals surface area contributed by atoms with E-state index in [0.717, 1.165) is 24.1 Å². The van der Waals surface area contributed by atoms with Crippen molar-refractivity contribution in [1.82, 2.24) is 4.98 Å². The molecule has 3 atom stereocenters. The first kappa shape index (κ1) is 19.7. The van der Waals surface area contributed by atoms with Crippen molar-refractivity contribution < 1.29 is 9.90 Å². The summed E-state index contributed by atoms with van der Waals surface area (Å²) in [7, 11) is 0. The van der Waals surface area contributed by atoms with Gasteiger partial charge in [0.1, 0.15) is 5.82 Å². The molecule has 1 amide bonds. The summed E-state index contributed by atoms with van der Waals surface area (Å²) in [5, 5.41) is 13.4. The third kappa shape index (κ3) is 3.57. The maximum Gasteiger partial charge on any atom is 0.224 e. The van der Waals surface area contributed by atoms with Crippen LogP contribution in [-0.2, 0) is 11.4 Å². The first-order valence-electron chi connectivity index (χ1n) is 9.78. The van der Waals surface area contributed by atoms with Crippen molar-refractivity contribution in [2.24, 2.45) is 11.8 Å². The third-order valence-corrected chi connectivity index (χ3v) is 6.26. The Hall–Kier alpha value is -2.62. The summed E-state index contributed by atoms with van der Waals surface area (Å²) in [6.07, 6.45) is 2.24. The topological polar surface area (TPSA) is 69.8 Å². The van der Waals surface area contributed by atoms with Gasteiger partial charge >= 0.3 is 0 Å². The zero-order valence-electron chi connectivity index (χ0n) is 16.4. The second-order valence-corrected chi connectivity index (χ2v) is 8.24. The van der Waals surface area contributed by atoms with Gasteiger partial charge in [-0.2, -0.15) is 0 Å². The van der Waals surface area contributed by atoms with Gasteiger partial charge in [0.15, 0.2) is 5.69 Å². The van der Waals surface area contributed by atoms with Crippen LogP contribution in [0.3, 0.4) is 0 Å². The van der Waals surface area contributed by atoms with Gasteiger partial charge in [-0.3, -0.25) is 4.79 Å². The van der Waals surface area contributed by atoms with Crippen LogP contribution in [0.1, 0.15) is 44.0 Å². The fourth-order valence-electron chi connectivity index (χ4n) is 4.46. The molecule has 1 saturated carbocycles. The number of halogens is 1. The van der Waals surface area contributed by atoms with Crippen LogP contribution in [0.4, 0.5) is 17.2 Å².